The second kappa shape index (κ2) is 6.43. The summed E-state index contributed by atoms with van der Waals surface area (Å²) in [4.78, 5) is 2.54. The maximum atomic E-state index is 5.97. The highest BCUT2D eigenvalue weighted by Gasteiger charge is 2.13. The molecule has 0 amide bonds. The highest BCUT2D eigenvalue weighted by molar-refractivity contribution is 9.10. The van der Waals surface area contributed by atoms with Crippen molar-refractivity contribution in [2.75, 3.05) is 30.7 Å². The Kier molecular flexibility index (Phi) is 4.89. The number of anilines is 2. The molecule has 1 aliphatic heterocycles. The summed E-state index contributed by atoms with van der Waals surface area (Å²) >= 11 is 3.48. The maximum Gasteiger partial charge on any atom is 0.0587 e. The van der Waals surface area contributed by atoms with Gasteiger partial charge in [0.05, 0.1) is 11.4 Å². The van der Waals surface area contributed by atoms with Crippen LogP contribution in [0.5, 0.6) is 0 Å². The van der Waals surface area contributed by atoms with Crippen LogP contribution in [0.3, 0.4) is 0 Å². The Morgan fingerprint density at radius 1 is 1.33 bits per heavy atom. The average Bonchev–Trinajstić information content (AvgIpc) is 2.35. The van der Waals surface area contributed by atoms with Crippen LogP contribution in [0.25, 0.3) is 0 Å². The summed E-state index contributed by atoms with van der Waals surface area (Å²) in [7, 11) is 0. The van der Waals surface area contributed by atoms with Crippen molar-refractivity contribution in [2.45, 2.75) is 32.2 Å². The number of piperidine rings is 1. The van der Waals surface area contributed by atoms with Gasteiger partial charge < -0.3 is 16.0 Å². The molecular formula is C14H22BrN3. The zero-order chi connectivity index (χ0) is 13.0. The SMILES string of the molecule is CC(CN1CCCCC1)Nc1cc(Br)ccc1N. The van der Waals surface area contributed by atoms with Crippen molar-refractivity contribution in [1.82, 2.24) is 4.90 Å². The van der Waals surface area contributed by atoms with Gasteiger partial charge in [0.25, 0.3) is 0 Å². The number of hydrogen-bond donors (Lipinski definition) is 2. The van der Waals surface area contributed by atoms with Gasteiger partial charge in [-0.3, -0.25) is 0 Å². The van der Waals surface area contributed by atoms with Gasteiger partial charge in [0.1, 0.15) is 0 Å². The lowest BCUT2D eigenvalue weighted by atomic mass is 10.1. The molecule has 1 fully saturated rings. The molecule has 100 valence electrons. The van der Waals surface area contributed by atoms with Crippen LogP contribution in [0.1, 0.15) is 26.2 Å². The van der Waals surface area contributed by atoms with E-state index in [0.717, 1.165) is 22.4 Å². The maximum absolute atomic E-state index is 5.97. The molecule has 0 radical (unpaired) electrons. The lowest BCUT2D eigenvalue weighted by molar-refractivity contribution is 0.223. The quantitative estimate of drug-likeness (QED) is 0.838. The molecule has 0 spiro atoms. The highest BCUT2D eigenvalue weighted by Crippen LogP contribution is 2.24. The summed E-state index contributed by atoms with van der Waals surface area (Å²) in [5.74, 6) is 0. The van der Waals surface area contributed by atoms with Crippen molar-refractivity contribution < 1.29 is 0 Å². The third kappa shape index (κ3) is 3.89. The number of nitrogens with zero attached hydrogens (tertiary/aromatic N) is 1. The topological polar surface area (TPSA) is 41.3 Å². The van der Waals surface area contributed by atoms with E-state index < -0.39 is 0 Å². The van der Waals surface area contributed by atoms with Gasteiger partial charge >= 0.3 is 0 Å². The van der Waals surface area contributed by atoms with Crippen molar-refractivity contribution in [3.05, 3.63) is 22.7 Å². The first kappa shape index (κ1) is 13.7. The lowest BCUT2D eigenvalue weighted by Crippen LogP contribution is -2.38. The van der Waals surface area contributed by atoms with E-state index in [4.69, 9.17) is 5.73 Å². The molecule has 0 aliphatic carbocycles. The Hall–Kier alpha value is -0.740. The Labute approximate surface area is 118 Å². The van der Waals surface area contributed by atoms with E-state index in [2.05, 4.69) is 33.1 Å². The van der Waals surface area contributed by atoms with Gasteiger partial charge in [-0.05, 0) is 51.1 Å². The van der Waals surface area contributed by atoms with E-state index >= 15 is 0 Å². The molecule has 1 aliphatic rings. The van der Waals surface area contributed by atoms with E-state index in [0.29, 0.717) is 6.04 Å². The minimum absolute atomic E-state index is 0.416. The third-order valence-corrected chi connectivity index (χ3v) is 3.89. The van der Waals surface area contributed by atoms with E-state index in [1.807, 2.05) is 18.2 Å². The van der Waals surface area contributed by atoms with Crippen molar-refractivity contribution in [2.24, 2.45) is 0 Å². The normalized spacial score (nSPS) is 18.6. The summed E-state index contributed by atoms with van der Waals surface area (Å²) < 4.78 is 1.06. The molecule has 4 heteroatoms. The van der Waals surface area contributed by atoms with Gasteiger partial charge in [-0.25, -0.2) is 0 Å². The fraction of sp³-hybridized carbons (Fsp3) is 0.571. The number of hydrogen-bond acceptors (Lipinski definition) is 3. The molecule has 3 nitrogen and oxygen atoms in total. The molecule has 2 rings (SSSR count). The fourth-order valence-electron chi connectivity index (χ4n) is 2.49. The third-order valence-electron chi connectivity index (χ3n) is 3.40. The molecule has 1 saturated heterocycles. The zero-order valence-corrected chi connectivity index (χ0v) is 12.5. The average molecular weight is 312 g/mol. The highest BCUT2D eigenvalue weighted by atomic mass is 79.9. The molecule has 3 N–H and O–H groups in total. The molecule has 0 saturated carbocycles. The van der Waals surface area contributed by atoms with E-state index in [1.165, 1.54) is 32.4 Å². The minimum Gasteiger partial charge on any atom is -0.397 e. The van der Waals surface area contributed by atoms with E-state index in [-0.39, 0.29) is 0 Å². The van der Waals surface area contributed by atoms with Gasteiger partial charge in [0.2, 0.25) is 0 Å². The lowest BCUT2D eigenvalue weighted by Gasteiger charge is -2.30. The second-order valence-corrected chi connectivity index (χ2v) is 6.05. The van der Waals surface area contributed by atoms with Crippen LogP contribution < -0.4 is 11.1 Å². The fourth-order valence-corrected chi connectivity index (χ4v) is 2.85. The van der Waals surface area contributed by atoms with Crippen LogP contribution in [0.2, 0.25) is 0 Å². The molecule has 0 bridgehead atoms. The first-order chi connectivity index (χ1) is 8.65. The molecular weight excluding hydrogens is 290 g/mol. The van der Waals surface area contributed by atoms with Crippen molar-refractivity contribution in [3.8, 4) is 0 Å². The predicted molar refractivity (Wildman–Crippen MR) is 81.9 cm³/mol. The largest absolute Gasteiger partial charge is 0.397 e. The van der Waals surface area contributed by atoms with Crippen LogP contribution in [-0.4, -0.2) is 30.6 Å². The predicted octanol–water partition coefficient (Wildman–Crippen LogP) is 3.32. The van der Waals surface area contributed by atoms with Gasteiger partial charge in [-0.2, -0.15) is 0 Å². The zero-order valence-electron chi connectivity index (χ0n) is 11.0. The van der Waals surface area contributed by atoms with E-state index in [1.54, 1.807) is 0 Å². The molecule has 1 heterocycles. The number of nitrogen functional groups attached to an aromatic ring is 1. The molecule has 1 atom stereocenters. The smallest absolute Gasteiger partial charge is 0.0587 e. The molecule has 1 aromatic rings. The molecule has 1 unspecified atom stereocenters. The van der Waals surface area contributed by atoms with Crippen LogP contribution in [0, 0.1) is 0 Å². The van der Waals surface area contributed by atoms with Gasteiger partial charge in [0.15, 0.2) is 0 Å². The number of halogens is 1. The summed E-state index contributed by atoms with van der Waals surface area (Å²) in [5, 5.41) is 3.50. The number of nitrogens with two attached hydrogens (primary N) is 1. The standard InChI is InChI=1S/C14H22BrN3/c1-11(10-18-7-3-2-4-8-18)17-14-9-12(15)5-6-13(14)16/h5-6,9,11,17H,2-4,7-8,10,16H2,1H3. The number of likely N-dealkylation sites (tertiary alicyclic amines) is 1. The van der Waals surface area contributed by atoms with Crippen molar-refractivity contribution in [1.29, 1.82) is 0 Å². The minimum atomic E-state index is 0.416. The second-order valence-electron chi connectivity index (χ2n) is 5.14. The molecule has 18 heavy (non-hydrogen) atoms. The molecule has 1 aromatic carbocycles. The van der Waals surface area contributed by atoms with Crippen molar-refractivity contribution >= 4 is 27.3 Å². The molecule has 0 aromatic heterocycles. The van der Waals surface area contributed by atoms with Crippen molar-refractivity contribution in [3.63, 3.8) is 0 Å². The van der Waals surface area contributed by atoms with Crippen LogP contribution in [0.15, 0.2) is 22.7 Å². The van der Waals surface area contributed by atoms with Crippen LogP contribution in [0.4, 0.5) is 11.4 Å². The Morgan fingerprint density at radius 2 is 2.06 bits per heavy atom. The summed E-state index contributed by atoms with van der Waals surface area (Å²) in [6.07, 6.45) is 4.06. The Morgan fingerprint density at radius 3 is 2.78 bits per heavy atom. The summed E-state index contributed by atoms with van der Waals surface area (Å²) in [5.41, 5.74) is 7.81. The Balaban J connectivity index is 1.89. The Bertz CT molecular complexity index is 389. The number of benzene rings is 1. The number of nitrogens with one attached hydrogen (secondary N) is 1. The van der Waals surface area contributed by atoms with Gasteiger partial charge in [0, 0.05) is 17.1 Å². The first-order valence-electron chi connectivity index (χ1n) is 6.69. The first-order valence-corrected chi connectivity index (χ1v) is 7.48. The van der Waals surface area contributed by atoms with Crippen LogP contribution in [-0.2, 0) is 0 Å². The van der Waals surface area contributed by atoms with Crippen LogP contribution >= 0.6 is 15.9 Å². The monoisotopic (exact) mass is 311 g/mol. The van der Waals surface area contributed by atoms with Gasteiger partial charge in [-0.1, -0.05) is 22.4 Å². The van der Waals surface area contributed by atoms with E-state index in [9.17, 15) is 0 Å². The van der Waals surface area contributed by atoms with Gasteiger partial charge in [-0.15, -0.1) is 0 Å². The number of rotatable bonds is 4. The summed E-state index contributed by atoms with van der Waals surface area (Å²) in [6.45, 7) is 5.78. The summed E-state index contributed by atoms with van der Waals surface area (Å²) in [6, 6.07) is 6.36.